The minimum atomic E-state index is -0.448. The minimum Gasteiger partial charge on any atom is -0.341 e. The number of para-hydroxylation sites is 1. The molecule has 0 spiro atoms. The van der Waals surface area contributed by atoms with E-state index in [0.717, 1.165) is 35.3 Å². The summed E-state index contributed by atoms with van der Waals surface area (Å²) in [4.78, 5) is 29.8. The van der Waals surface area contributed by atoms with Crippen molar-refractivity contribution in [1.29, 1.82) is 0 Å². The molecule has 1 unspecified atom stereocenters. The number of carbonyl (C=O) groups excluding carboxylic acids is 2. The van der Waals surface area contributed by atoms with Crippen LogP contribution in [0.25, 0.3) is 16.9 Å². The first-order valence-electron chi connectivity index (χ1n) is 12.1. The van der Waals surface area contributed by atoms with Gasteiger partial charge in [-0.2, -0.15) is 5.10 Å². The van der Waals surface area contributed by atoms with Gasteiger partial charge in [0, 0.05) is 54.4 Å². The first kappa shape index (κ1) is 25.0. The van der Waals surface area contributed by atoms with Gasteiger partial charge in [-0.05, 0) is 37.1 Å². The lowest BCUT2D eigenvalue weighted by atomic mass is 9.90. The molecular weight excluding hydrogens is 460 g/mol. The zero-order valence-electron chi connectivity index (χ0n) is 20.9. The zero-order chi connectivity index (χ0) is 25.2. The predicted molar refractivity (Wildman–Crippen MR) is 139 cm³/mol. The SMILES string of the molecule is CN(Cc1cn(-c2ccccc2)nc1-c1ccc(Cl)cc1)C(=O)C1CCCN(C(=O)C(C)(C)C)C1. The van der Waals surface area contributed by atoms with Crippen LogP contribution in [0.15, 0.2) is 60.8 Å². The van der Waals surface area contributed by atoms with Gasteiger partial charge < -0.3 is 9.80 Å². The molecule has 1 aliphatic rings. The number of amides is 2. The van der Waals surface area contributed by atoms with Crippen LogP contribution in [0.4, 0.5) is 0 Å². The van der Waals surface area contributed by atoms with Crippen molar-refractivity contribution < 1.29 is 9.59 Å². The highest BCUT2D eigenvalue weighted by molar-refractivity contribution is 6.30. The maximum atomic E-state index is 13.4. The van der Waals surface area contributed by atoms with Crippen molar-refractivity contribution in [1.82, 2.24) is 19.6 Å². The number of aromatic nitrogens is 2. The molecule has 1 atom stereocenters. The van der Waals surface area contributed by atoms with E-state index in [0.29, 0.717) is 24.7 Å². The Morgan fingerprint density at radius 3 is 2.43 bits per heavy atom. The summed E-state index contributed by atoms with van der Waals surface area (Å²) in [6.45, 7) is 7.40. The number of halogens is 1. The number of hydrogen-bond acceptors (Lipinski definition) is 3. The maximum absolute atomic E-state index is 13.4. The molecule has 2 heterocycles. The van der Waals surface area contributed by atoms with Crippen LogP contribution in [0.5, 0.6) is 0 Å². The van der Waals surface area contributed by atoms with Gasteiger partial charge >= 0.3 is 0 Å². The van der Waals surface area contributed by atoms with Crippen LogP contribution in [0, 0.1) is 11.3 Å². The number of benzene rings is 2. The fourth-order valence-corrected chi connectivity index (χ4v) is 4.70. The largest absolute Gasteiger partial charge is 0.341 e. The van der Waals surface area contributed by atoms with Gasteiger partial charge in [-0.25, -0.2) is 4.68 Å². The van der Waals surface area contributed by atoms with Crippen LogP contribution in [0.1, 0.15) is 39.2 Å². The molecule has 0 bridgehead atoms. The molecule has 1 saturated heterocycles. The van der Waals surface area contributed by atoms with E-state index < -0.39 is 5.41 Å². The molecule has 0 N–H and O–H groups in total. The van der Waals surface area contributed by atoms with E-state index in [9.17, 15) is 9.59 Å². The number of likely N-dealkylation sites (tertiary alicyclic amines) is 1. The first-order valence-corrected chi connectivity index (χ1v) is 12.5. The minimum absolute atomic E-state index is 0.0610. The van der Waals surface area contributed by atoms with Gasteiger partial charge in [0.2, 0.25) is 11.8 Å². The van der Waals surface area contributed by atoms with Gasteiger partial charge in [0.05, 0.1) is 17.3 Å². The molecular formula is C28H33ClN4O2. The van der Waals surface area contributed by atoms with Crippen LogP contribution in [0.2, 0.25) is 5.02 Å². The van der Waals surface area contributed by atoms with E-state index in [1.807, 2.05) is 98.2 Å². The lowest BCUT2D eigenvalue weighted by Crippen LogP contribution is -2.48. The van der Waals surface area contributed by atoms with Crippen LogP contribution in [-0.4, -0.2) is 51.5 Å². The summed E-state index contributed by atoms with van der Waals surface area (Å²) in [5.74, 6) is -0.0269. The quantitative estimate of drug-likeness (QED) is 0.476. The van der Waals surface area contributed by atoms with Gasteiger partial charge in [0.25, 0.3) is 0 Å². The molecule has 7 heteroatoms. The number of carbonyl (C=O) groups is 2. The highest BCUT2D eigenvalue weighted by Gasteiger charge is 2.34. The molecule has 35 heavy (non-hydrogen) atoms. The number of nitrogens with zero attached hydrogens (tertiary/aromatic N) is 4. The van der Waals surface area contributed by atoms with E-state index in [1.54, 1.807) is 4.90 Å². The Labute approximate surface area is 212 Å². The van der Waals surface area contributed by atoms with Crippen molar-refractivity contribution in [3.05, 3.63) is 71.4 Å². The number of rotatable bonds is 5. The Morgan fingerprint density at radius 2 is 1.77 bits per heavy atom. The third-order valence-corrected chi connectivity index (χ3v) is 6.66. The predicted octanol–water partition coefficient (Wildman–Crippen LogP) is 5.44. The van der Waals surface area contributed by atoms with Crippen LogP contribution in [-0.2, 0) is 16.1 Å². The monoisotopic (exact) mass is 492 g/mol. The van der Waals surface area contributed by atoms with Crippen LogP contribution < -0.4 is 0 Å². The fraction of sp³-hybridized carbons (Fsp3) is 0.393. The van der Waals surface area contributed by atoms with Crippen molar-refractivity contribution in [3.63, 3.8) is 0 Å². The van der Waals surface area contributed by atoms with E-state index in [2.05, 4.69) is 0 Å². The van der Waals surface area contributed by atoms with Gasteiger partial charge in [0.1, 0.15) is 0 Å². The number of hydrogen-bond donors (Lipinski definition) is 0. The summed E-state index contributed by atoms with van der Waals surface area (Å²) in [5.41, 5.74) is 3.21. The Hall–Kier alpha value is -3.12. The highest BCUT2D eigenvalue weighted by atomic mass is 35.5. The molecule has 0 saturated carbocycles. The van der Waals surface area contributed by atoms with Gasteiger partial charge in [-0.15, -0.1) is 0 Å². The zero-order valence-corrected chi connectivity index (χ0v) is 21.6. The summed E-state index contributed by atoms with van der Waals surface area (Å²) in [6, 6.07) is 17.5. The lowest BCUT2D eigenvalue weighted by molar-refractivity contribution is -0.145. The van der Waals surface area contributed by atoms with E-state index in [-0.39, 0.29) is 17.7 Å². The number of piperidine rings is 1. The summed E-state index contributed by atoms with van der Waals surface area (Å²) in [7, 11) is 1.83. The second-order valence-electron chi connectivity index (χ2n) is 10.3. The maximum Gasteiger partial charge on any atom is 0.227 e. The van der Waals surface area contributed by atoms with Crippen molar-refractivity contribution in [3.8, 4) is 16.9 Å². The van der Waals surface area contributed by atoms with Crippen LogP contribution in [0.3, 0.4) is 0 Å². The van der Waals surface area contributed by atoms with E-state index in [1.165, 1.54) is 0 Å². The summed E-state index contributed by atoms with van der Waals surface area (Å²) < 4.78 is 1.85. The van der Waals surface area contributed by atoms with E-state index >= 15 is 0 Å². The Balaban J connectivity index is 1.56. The highest BCUT2D eigenvalue weighted by Crippen LogP contribution is 2.28. The average Bonchev–Trinajstić information content (AvgIpc) is 3.27. The van der Waals surface area contributed by atoms with Gasteiger partial charge in [-0.1, -0.05) is 62.7 Å². The Kier molecular flexibility index (Phi) is 7.31. The fourth-order valence-electron chi connectivity index (χ4n) is 4.57. The second-order valence-corrected chi connectivity index (χ2v) is 10.8. The van der Waals surface area contributed by atoms with E-state index in [4.69, 9.17) is 16.7 Å². The van der Waals surface area contributed by atoms with Crippen molar-refractivity contribution in [2.24, 2.45) is 11.3 Å². The molecule has 1 aromatic heterocycles. The lowest BCUT2D eigenvalue weighted by Gasteiger charge is -2.37. The summed E-state index contributed by atoms with van der Waals surface area (Å²) in [5, 5.41) is 5.51. The van der Waals surface area contributed by atoms with Gasteiger partial charge in [-0.3, -0.25) is 9.59 Å². The molecule has 4 rings (SSSR count). The first-order chi connectivity index (χ1) is 16.6. The molecule has 2 amide bonds. The van der Waals surface area contributed by atoms with Crippen LogP contribution >= 0.6 is 11.6 Å². The van der Waals surface area contributed by atoms with Crippen molar-refractivity contribution in [2.45, 2.75) is 40.2 Å². The summed E-state index contributed by atoms with van der Waals surface area (Å²) in [6.07, 6.45) is 3.62. The normalized spacial score (nSPS) is 16.3. The molecule has 1 fully saturated rings. The molecule has 184 valence electrons. The third kappa shape index (κ3) is 5.76. The topological polar surface area (TPSA) is 58.4 Å². The molecule has 0 aliphatic carbocycles. The molecule has 1 aliphatic heterocycles. The third-order valence-electron chi connectivity index (χ3n) is 6.41. The molecule has 2 aromatic carbocycles. The summed E-state index contributed by atoms with van der Waals surface area (Å²) >= 11 is 6.11. The molecule has 3 aromatic rings. The smallest absolute Gasteiger partial charge is 0.227 e. The Bertz CT molecular complexity index is 1180. The molecule has 0 radical (unpaired) electrons. The van der Waals surface area contributed by atoms with Gasteiger partial charge in [0.15, 0.2) is 0 Å². The second kappa shape index (κ2) is 10.2. The van der Waals surface area contributed by atoms with Crippen molar-refractivity contribution >= 4 is 23.4 Å². The molecule has 6 nitrogen and oxygen atoms in total. The Morgan fingerprint density at radius 1 is 1.09 bits per heavy atom. The van der Waals surface area contributed by atoms with Crippen molar-refractivity contribution in [2.75, 3.05) is 20.1 Å². The standard InChI is InChI=1S/C28H33ClN4O2/c1-28(2,3)27(35)32-16-8-9-21(18-32)26(34)31(4)17-22-19-33(24-10-6-5-7-11-24)30-25(22)20-12-14-23(29)15-13-20/h5-7,10-15,19,21H,8-9,16-18H2,1-4H3. The average molecular weight is 493 g/mol.